The third kappa shape index (κ3) is 9.14. The summed E-state index contributed by atoms with van der Waals surface area (Å²) in [5, 5.41) is 5.71. The molecule has 1 aromatic carbocycles. The third-order valence-corrected chi connectivity index (χ3v) is 13.2. The number of ether oxygens (including phenoxy) is 4. The Kier molecular flexibility index (Phi) is 12.2. The van der Waals surface area contributed by atoms with Gasteiger partial charge in [-0.25, -0.2) is 18.2 Å². The molecule has 0 spiro atoms. The van der Waals surface area contributed by atoms with Crippen LogP contribution in [0.5, 0.6) is 11.6 Å². The first kappa shape index (κ1) is 42.9. The van der Waals surface area contributed by atoms with E-state index in [-0.39, 0.29) is 44.2 Å². The number of rotatable bonds is 10. The molecule has 15 nitrogen and oxygen atoms in total. The van der Waals surface area contributed by atoms with Gasteiger partial charge in [0, 0.05) is 36.1 Å². The lowest BCUT2D eigenvalue weighted by molar-refractivity contribution is -0.244. The minimum Gasteiger partial charge on any atom is -0.494 e. The molecule has 2 saturated carbocycles. The van der Waals surface area contributed by atoms with E-state index in [1.54, 1.807) is 30.3 Å². The van der Waals surface area contributed by atoms with Crippen molar-refractivity contribution in [2.75, 3.05) is 27.4 Å². The molecule has 3 N–H and O–H groups in total. The number of carbonyl (C=O) groups excluding carboxylic acids is 4. The van der Waals surface area contributed by atoms with E-state index in [0.29, 0.717) is 56.1 Å². The number of pyridine rings is 1. The summed E-state index contributed by atoms with van der Waals surface area (Å²) in [6.45, 7) is 2.94. The van der Waals surface area contributed by atoms with Gasteiger partial charge in [0.1, 0.15) is 29.5 Å². The predicted octanol–water partition coefficient (Wildman–Crippen LogP) is 4.15. The number of hydrogen-bond acceptors (Lipinski definition) is 11. The van der Waals surface area contributed by atoms with Crippen molar-refractivity contribution in [3.8, 4) is 11.6 Å². The number of nitrogens with one attached hydrogen (secondary N) is 3. The van der Waals surface area contributed by atoms with E-state index in [4.69, 9.17) is 18.9 Å². The van der Waals surface area contributed by atoms with Gasteiger partial charge in [-0.3, -0.25) is 19.1 Å². The van der Waals surface area contributed by atoms with Crippen molar-refractivity contribution < 1.29 is 59.7 Å². The average molecular weight is 838 g/mol. The van der Waals surface area contributed by atoms with Gasteiger partial charge < -0.3 is 34.5 Å². The number of fused-ring (bicyclic) bond motifs is 3. The standard InChI is InChI=1S/C39H50F3N5O10S/c1-22-10-6-7-11-24-18-38(24,35(50)46-58(52,53)26-14-15-26)45-32(48)29-17-25(56-33-28-13-9-8-12-27(28)30(55-5)19-43-33)20-47(29)34(49)31(23(16-22)21-54-4)44-36(51)57-37(2,3)39(40,41)42/h7-9,11-13,19,22-26,29,31H,6,10,14-18,20-21H2,1-5H3,(H,44,51)(H,45,48)(H,46,50). The maximum absolute atomic E-state index is 14.9. The summed E-state index contributed by atoms with van der Waals surface area (Å²) in [5.41, 5.74) is -4.56. The van der Waals surface area contributed by atoms with E-state index in [1.165, 1.54) is 20.4 Å². The van der Waals surface area contributed by atoms with Crippen LogP contribution in [0.3, 0.4) is 0 Å². The first-order valence-electron chi connectivity index (χ1n) is 19.3. The SMILES string of the molecule is COCC1CC(C)CCC=CC2CC2(C(=O)NS(=O)(=O)C2CC2)NC(=O)C2CC(Oc3ncc(OC)c4ccccc34)CN2C(=O)C1NC(=O)OC(C)(C)C(F)(F)F. The van der Waals surface area contributed by atoms with Gasteiger partial charge in [0.15, 0.2) is 0 Å². The van der Waals surface area contributed by atoms with Crippen molar-refractivity contribution in [2.45, 2.75) is 106 Å². The largest absolute Gasteiger partial charge is 0.494 e. The van der Waals surface area contributed by atoms with Crippen LogP contribution in [0.1, 0.15) is 65.7 Å². The highest BCUT2D eigenvalue weighted by Crippen LogP contribution is 2.46. The maximum Gasteiger partial charge on any atom is 0.427 e. The molecule has 4 aliphatic rings. The van der Waals surface area contributed by atoms with Gasteiger partial charge in [-0.15, -0.1) is 0 Å². The van der Waals surface area contributed by atoms with Crippen LogP contribution in [-0.4, -0.2) is 110 Å². The Labute approximate surface area is 334 Å². The lowest BCUT2D eigenvalue weighted by Crippen LogP contribution is -2.60. The van der Waals surface area contributed by atoms with Crippen molar-refractivity contribution >= 4 is 44.6 Å². The molecule has 318 valence electrons. The molecule has 1 saturated heterocycles. The summed E-state index contributed by atoms with van der Waals surface area (Å²) in [6.07, 6.45) is -0.120. The van der Waals surface area contributed by atoms with E-state index in [0.717, 1.165) is 4.90 Å². The first-order valence-corrected chi connectivity index (χ1v) is 20.8. The molecule has 2 aromatic rings. The van der Waals surface area contributed by atoms with Gasteiger partial charge in [0.05, 0.1) is 31.7 Å². The van der Waals surface area contributed by atoms with Gasteiger partial charge in [0.2, 0.25) is 33.3 Å². The zero-order chi connectivity index (χ0) is 42.2. The van der Waals surface area contributed by atoms with Crippen molar-refractivity contribution in [3.05, 3.63) is 42.6 Å². The molecule has 1 aromatic heterocycles. The number of nitrogens with zero attached hydrogens (tertiary/aromatic N) is 2. The normalized spacial score (nSPS) is 28.3. The van der Waals surface area contributed by atoms with Crippen molar-refractivity contribution in [1.29, 1.82) is 0 Å². The fourth-order valence-electron chi connectivity index (χ4n) is 7.69. The summed E-state index contributed by atoms with van der Waals surface area (Å²) < 4.78 is 91.5. The Bertz CT molecular complexity index is 2040. The lowest BCUT2D eigenvalue weighted by Gasteiger charge is -2.35. The zero-order valence-corrected chi connectivity index (χ0v) is 33.8. The van der Waals surface area contributed by atoms with Gasteiger partial charge in [0.25, 0.3) is 5.91 Å². The highest BCUT2D eigenvalue weighted by molar-refractivity contribution is 7.91. The van der Waals surface area contributed by atoms with Gasteiger partial charge in [-0.1, -0.05) is 37.3 Å². The minimum atomic E-state index is -4.94. The van der Waals surface area contributed by atoms with E-state index in [9.17, 15) is 40.8 Å². The number of carbonyl (C=O) groups is 4. The van der Waals surface area contributed by atoms with Crippen LogP contribution in [0.4, 0.5) is 18.0 Å². The summed E-state index contributed by atoms with van der Waals surface area (Å²) in [5.74, 6) is -3.33. The van der Waals surface area contributed by atoms with Crippen LogP contribution in [0.25, 0.3) is 10.8 Å². The average Bonchev–Trinajstić information content (AvgIpc) is 4.08. The van der Waals surface area contributed by atoms with Crippen LogP contribution >= 0.6 is 0 Å². The second-order valence-corrected chi connectivity index (χ2v) is 18.1. The van der Waals surface area contributed by atoms with Gasteiger partial charge in [-0.05, 0) is 64.4 Å². The Balaban J connectivity index is 1.38. The number of halogens is 3. The van der Waals surface area contributed by atoms with Crippen LogP contribution in [0, 0.1) is 17.8 Å². The molecule has 2 aliphatic carbocycles. The summed E-state index contributed by atoms with van der Waals surface area (Å²) >= 11 is 0. The van der Waals surface area contributed by atoms with Crippen molar-refractivity contribution in [3.63, 3.8) is 0 Å². The maximum atomic E-state index is 14.9. The van der Waals surface area contributed by atoms with Crippen molar-refractivity contribution in [1.82, 2.24) is 25.2 Å². The van der Waals surface area contributed by atoms with E-state index >= 15 is 0 Å². The Morgan fingerprint density at radius 1 is 1.07 bits per heavy atom. The Morgan fingerprint density at radius 3 is 2.43 bits per heavy atom. The third-order valence-electron chi connectivity index (χ3n) is 11.4. The highest BCUT2D eigenvalue weighted by Gasteiger charge is 2.62. The molecule has 0 bridgehead atoms. The summed E-state index contributed by atoms with van der Waals surface area (Å²) in [7, 11) is -1.11. The topological polar surface area (TPSA) is 192 Å². The van der Waals surface area contributed by atoms with E-state index in [1.807, 2.05) is 13.0 Å². The number of sulfonamides is 1. The van der Waals surface area contributed by atoms with Gasteiger partial charge >= 0.3 is 12.3 Å². The fraction of sp³-hybridized carbons (Fsp3) is 0.615. The van der Waals surface area contributed by atoms with Crippen LogP contribution in [-0.2, 0) is 33.9 Å². The van der Waals surface area contributed by atoms with Crippen LogP contribution in [0.15, 0.2) is 42.6 Å². The first-order chi connectivity index (χ1) is 27.3. The summed E-state index contributed by atoms with van der Waals surface area (Å²) in [4.78, 5) is 62.1. The molecule has 58 heavy (non-hydrogen) atoms. The monoisotopic (exact) mass is 837 g/mol. The van der Waals surface area contributed by atoms with Crippen molar-refractivity contribution in [2.24, 2.45) is 17.8 Å². The predicted molar refractivity (Wildman–Crippen MR) is 203 cm³/mol. The Hall–Kier alpha value is -4.65. The second-order valence-electron chi connectivity index (χ2n) is 16.2. The number of methoxy groups -OCH3 is 2. The quantitative estimate of drug-likeness (QED) is 0.292. The van der Waals surface area contributed by atoms with Gasteiger partial charge in [-0.2, -0.15) is 13.2 Å². The number of alkyl carbamates (subject to hydrolysis) is 1. The smallest absolute Gasteiger partial charge is 0.427 e. The van der Waals surface area contributed by atoms with Crippen LogP contribution in [0.2, 0.25) is 0 Å². The number of allylic oxidation sites excluding steroid dienone is 1. The number of benzene rings is 1. The molecule has 3 heterocycles. The molecule has 7 unspecified atom stereocenters. The molecule has 3 fully saturated rings. The number of alkyl halides is 3. The number of hydrogen-bond donors (Lipinski definition) is 3. The van der Waals surface area contributed by atoms with E-state index in [2.05, 4.69) is 20.3 Å². The zero-order valence-electron chi connectivity index (χ0n) is 33.0. The highest BCUT2D eigenvalue weighted by atomic mass is 32.2. The molecular formula is C39H50F3N5O10S. The molecule has 0 radical (unpaired) electrons. The molecule has 4 amide bonds. The molecule has 2 aliphatic heterocycles. The molecule has 7 atom stereocenters. The number of aromatic nitrogens is 1. The fourth-order valence-corrected chi connectivity index (χ4v) is 9.06. The number of amides is 4. The summed E-state index contributed by atoms with van der Waals surface area (Å²) in [6, 6.07) is 4.25. The minimum absolute atomic E-state index is 0.0905. The lowest BCUT2D eigenvalue weighted by atomic mass is 9.87. The molecule has 6 rings (SSSR count). The van der Waals surface area contributed by atoms with E-state index < -0.39 is 86.4 Å². The van der Waals surface area contributed by atoms with Crippen LogP contribution < -0.4 is 24.8 Å². The molecular weight excluding hydrogens is 788 g/mol. The molecule has 19 heteroatoms. The second kappa shape index (κ2) is 16.5. The Morgan fingerprint density at radius 2 is 1.78 bits per heavy atom.